The molecule has 0 saturated carbocycles. The quantitative estimate of drug-likeness (QED) is 0.882. The first-order valence-electron chi connectivity index (χ1n) is 5.45. The molecule has 0 bridgehead atoms. The van der Waals surface area contributed by atoms with Gasteiger partial charge in [0.15, 0.2) is 0 Å². The molecule has 1 aromatic carbocycles. The second kappa shape index (κ2) is 4.96. The molecule has 0 aromatic heterocycles. The van der Waals surface area contributed by atoms with E-state index in [1.807, 2.05) is 0 Å². The number of hydrogen-bond acceptors (Lipinski definition) is 2. The molecule has 0 radical (unpaired) electrons. The van der Waals surface area contributed by atoms with Gasteiger partial charge in [-0.05, 0) is 23.6 Å². The largest absolute Gasteiger partial charge is 0.506 e. The lowest BCUT2D eigenvalue weighted by Gasteiger charge is -2.26. The summed E-state index contributed by atoms with van der Waals surface area (Å²) >= 11 is 5.77. The third-order valence-electron chi connectivity index (χ3n) is 2.25. The summed E-state index contributed by atoms with van der Waals surface area (Å²) in [7, 11) is 1.76. The average Bonchev–Trinajstić information content (AvgIpc) is 2.18. The fourth-order valence-corrected chi connectivity index (χ4v) is 1.82. The number of rotatable bonds is 2. The minimum Gasteiger partial charge on any atom is -0.506 e. The van der Waals surface area contributed by atoms with Gasteiger partial charge in [0, 0.05) is 19.2 Å². The van der Waals surface area contributed by atoms with Gasteiger partial charge in [0.05, 0.1) is 5.02 Å². The van der Waals surface area contributed by atoms with Crippen LogP contribution in [0, 0.1) is 5.41 Å². The maximum absolute atomic E-state index is 12.1. The number of carbonyl (C=O) groups excluding carboxylic acids is 1. The van der Waals surface area contributed by atoms with E-state index in [4.69, 9.17) is 11.6 Å². The summed E-state index contributed by atoms with van der Waals surface area (Å²) < 4.78 is 0. The summed E-state index contributed by atoms with van der Waals surface area (Å²) in [6.07, 6.45) is 0. The Labute approximate surface area is 107 Å². The van der Waals surface area contributed by atoms with Crippen molar-refractivity contribution in [1.82, 2.24) is 4.90 Å². The minimum atomic E-state index is -0.0955. The molecule has 0 heterocycles. The van der Waals surface area contributed by atoms with E-state index in [0.29, 0.717) is 12.1 Å². The van der Waals surface area contributed by atoms with E-state index in [9.17, 15) is 9.90 Å². The van der Waals surface area contributed by atoms with Gasteiger partial charge >= 0.3 is 0 Å². The fraction of sp³-hybridized carbons (Fsp3) is 0.462. The number of phenols is 1. The predicted molar refractivity (Wildman–Crippen MR) is 69.5 cm³/mol. The van der Waals surface area contributed by atoms with Gasteiger partial charge < -0.3 is 10.0 Å². The molecule has 3 nitrogen and oxygen atoms in total. The van der Waals surface area contributed by atoms with E-state index >= 15 is 0 Å². The van der Waals surface area contributed by atoms with Crippen LogP contribution >= 0.6 is 11.6 Å². The highest BCUT2D eigenvalue weighted by Crippen LogP contribution is 2.24. The maximum Gasteiger partial charge on any atom is 0.253 e. The highest BCUT2D eigenvalue weighted by molar-refractivity contribution is 6.32. The van der Waals surface area contributed by atoms with Crippen LogP contribution in [0.5, 0.6) is 5.75 Å². The van der Waals surface area contributed by atoms with Crippen molar-refractivity contribution in [3.05, 3.63) is 28.8 Å². The molecular formula is C13H18ClNO2. The number of amides is 1. The highest BCUT2D eigenvalue weighted by Gasteiger charge is 2.19. The Hall–Kier alpha value is -1.22. The van der Waals surface area contributed by atoms with Crippen molar-refractivity contribution in [3.63, 3.8) is 0 Å². The van der Waals surface area contributed by atoms with Gasteiger partial charge in [-0.2, -0.15) is 0 Å². The van der Waals surface area contributed by atoms with Gasteiger partial charge in [-0.3, -0.25) is 4.79 Å². The maximum atomic E-state index is 12.1. The summed E-state index contributed by atoms with van der Waals surface area (Å²) in [6.45, 7) is 6.87. The van der Waals surface area contributed by atoms with Crippen LogP contribution in [0.2, 0.25) is 5.02 Å². The molecular weight excluding hydrogens is 238 g/mol. The molecule has 0 saturated heterocycles. The van der Waals surface area contributed by atoms with Gasteiger partial charge in [0.1, 0.15) is 5.75 Å². The molecule has 17 heavy (non-hydrogen) atoms. The van der Waals surface area contributed by atoms with Crippen molar-refractivity contribution in [1.29, 1.82) is 0 Å². The molecule has 1 rings (SSSR count). The molecule has 4 heteroatoms. The lowest BCUT2D eigenvalue weighted by atomic mass is 9.96. The summed E-state index contributed by atoms with van der Waals surface area (Å²) in [6, 6.07) is 4.49. The number of hydrogen-bond donors (Lipinski definition) is 1. The van der Waals surface area contributed by atoms with Crippen molar-refractivity contribution >= 4 is 17.5 Å². The van der Waals surface area contributed by atoms with Crippen molar-refractivity contribution < 1.29 is 9.90 Å². The van der Waals surface area contributed by atoms with E-state index in [-0.39, 0.29) is 22.1 Å². The molecule has 94 valence electrons. The molecule has 0 aliphatic carbocycles. The highest BCUT2D eigenvalue weighted by atomic mass is 35.5. The van der Waals surface area contributed by atoms with Gasteiger partial charge in [-0.1, -0.05) is 32.4 Å². The molecule has 0 fully saturated rings. The van der Waals surface area contributed by atoms with Crippen LogP contribution < -0.4 is 0 Å². The second-order valence-corrected chi connectivity index (χ2v) is 5.80. The van der Waals surface area contributed by atoms with E-state index in [1.165, 1.54) is 12.1 Å². The Balaban J connectivity index is 2.85. The Bertz CT molecular complexity index is 424. The number of phenolic OH excluding ortho intramolecular Hbond substituents is 1. The summed E-state index contributed by atoms with van der Waals surface area (Å²) in [5, 5.41) is 9.49. The van der Waals surface area contributed by atoms with Crippen LogP contribution in [0.3, 0.4) is 0 Å². The topological polar surface area (TPSA) is 40.5 Å². The molecule has 1 aromatic rings. The zero-order valence-corrected chi connectivity index (χ0v) is 11.4. The van der Waals surface area contributed by atoms with Crippen molar-refractivity contribution in [2.24, 2.45) is 5.41 Å². The number of halogens is 1. The smallest absolute Gasteiger partial charge is 0.253 e. The third-order valence-corrected chi connectivity index (χ3v) is 2.56. The number of carbonyl (C=O) groups is 1. The van der Waals surface area contributed by atoms with Gasteiger partial charge in [0.2, 0.25) is 0 Å². The second-order valence-electron chi connectivity index (χ2n) is 5.39. The third kappa shape index (κ3) is 3.93. The van der Waals surface area contributed by atoms with Crippen molar-refractivity contribution in [3.8, 4) is 5.75 Å². The van der Waals surface area contributed by atoms with Crippen molar-refractivity contribution in [2.45, 2.75) is 20.8 Å². The average molecular weight is 256 g/mol. The van der Waals surface area contributed by atoms with Crippen LogP contribution in [0.15, 0.2) is 18.2 Å². The van der Waals surface area contributed by atoms with Crippen LogP contribution in [0.1, 0.15) is 31.1 Å². The fourth-order valence-electron chi connectivity index (χ4n) is 1.64. The molecule has 0 aliphatic rings. The van der Waals surface area contributed by atoms with Crippen LogP contribution in [0.25, 0.3) is 0 Å². The number of nitrogens with zero attached hydrogens (tertiary/aromatic N) is 1. The molecule has 1 amide bonds. The van der Waals surface area contributed by atoms with Gasteiger partial charge in [-0.15, -0.1) is 0 Å². The zero-order chi connectivity index (χ0) is 13.2. The Morgan fingerprint density at radius 3 is 2.47 bits per heavy atom. The summed E-state index contributed by atoms with van der Waals surface area (Å²) in [5.41, 5.74) is 0.532. The lowest BCUT2D eigenvalue weighted by Crippen LogP contribution is -2.34. The van der Waals surface area contributed by atoms with Gasteiger partial charge in [0.25, 0.3) is 5.91 Å². The standard InChI is InChI=1S/C13H18ClNO2/c1-13(2,3)8-15(4)12(17)9-5-6-11(16)10(14)7-9/h5-7,16H,8H2,1-4H3. The molecule has 0 atom stereocenters. The molecule has 1 N–H and O–H groups in total. The molecule has 0 aliphatic heterocycles. The Morgan fingerprint density at radius 1 is 1.41 bits per heavy atom. The van der Waals surface area contributed by atoms with E-state index in [1.54, 1.807) is 18.0 Å². The lowest BCUT2D eigenvalue weighted by molar-refractivity contribution is 0.0745. The normalized spacial score (nSPS) is 11.4. The summed E-state index contributed by atoms with van der Waals surface area (Å²) in [5.74, 6) is -0.108. The van der Waals surface area contributed by atoms with E-state index in [2.05, 4.69) is 20.8 Å². The van der Waals surface area contributed by atoms with Crippen LogP contribution in [-0.2, 0) is 0 Å². The number of benzene rings is 1. The van der Waals surface area contributed by atoms with E-state index in [0.717, 1.165) is 0 Å². The first-order chi connectivity index (χ1) is 7.70. The Morgan fingerprint density at radius 2 is 2.00 bits per heavy atom. The molecule has 0 unspecified atom stereocenters. The van der Waals surface area contributed by atoms with Crippen LogP contribution in [-0.4, -0.2) is 29.5 Å². The molecule has 0 spiro atoms. The predicted octanol–water partition coefficient (Wildman–Crippen LogP) is 3.16. The minimum absolute atomic E-state index is 0.0123. The van der Waals surface area contributed by atoms with Crippen LogP contribution in [0.4, 0.5) is 0 Å². The SMILES string of the molecule is CN(CC(C)(C)C)C(=O)c1ccc(O)c(Cl)c1. The first kappa shape index (κ1) is 13.8. The number of aromatic hydroxyl groups is 1. The van der Waals surface area contributed by atoms with Crippen molar-refractivity contribution in [2.75, 3.05) is 13.6 Å². The first-order valence-corrected chi connectivity index (χ1v) is 5.82. The monoisotopic (exact) mass is 255 g/mol. The summed E-state index contributed by atoms with van der Waals surface area (Å²) in [4.78, 5) is 13.7. The van der Waals surface area contributed by atoms with E-state index < -0.39 is 0 Å². The zero-order valence-electron chi connectivity index (χ0n) is 10.6. The Kier molecular flexibility index (Phi) is 4.04. The van der Waals surface area contributed by atoms with Gasteiger partial charge in [-0.25, -0.2) is 0 Å².